The van der Waals surface area contributed by atoms with Crippen LogP contribution in [0, 0.1) is 17.2 Å². The molecule has 1 aliphatic heterocycles. The van der Waals surface area contributed by atoms with Gasteiger partial charge >= 0.3 is 6.18 Å². The molecule has 4 rings (SSSR count). The number of aliphatic hydroxyl groups is 1. The fourth-order valence-electron chi connectivity index (χ4n) is 4.17. The molecule has 2 heterocycles. The van der Waals surface area contributed by atoms with E-state index >= 15 is 0 Å². The van der Waals surface area contributed by atoms with E-state index in [1.165, 1.54) is 35.7 Å². The molecule has 0 bridgehead atoms. The number of rotatable bonds is 7. The van der Waals surface area contributed by atoms with Gasteiger partial charge < -0.3 is 10.4 Å². The summed E-state index contributed by atoms with van der Waals surface area (Å²) < 4.78 is 43.7. The lowest BCUT2D eigenvalue weighted by molar-refractivity contribution is -0.285. The maximum absolute atomic E-state index is 14.6. The Balaban J connectivity index is 1.88. The average molecular weight is 563 g/mol. The number of hydrogen-bond donors (Lipinski definition) is 2. The van der Waals surface area contributed by atoms with E-state index in [2.05, 4.69) is 0 Å². The number of thioether (sulfide) groups is 1. The highest BCUT2D eigenvalue weighted by Crippen LogP contribution is 2.52. The summed E-state index contributed by atoms with van der Waals surface area (Å²) in [4.78, 5) is 26.2. The van der Waals surface area contributed by atoms with E-state index in [4.69, 9.17) is 11.6 Å². The minimum absolute atomic E-state index is 0.0147. The zero-order chi connectivity index (χ0) is 26.8. The number of Topliss-reactive ketones (excluding diaryl/α,β-unsaturated/α-hetero) is 2. The molecule has 0 radical (unpaired) electrons. The molecule has 11 heteroatoms. The van der Waals surface area contributed by atoms with E-state index in [0.29, 0.717) is 17.3 Å². The Hall–Kier alpha value is -3.10. The number of halogens is 4. The van der Waals surface area contributed by atoms with Gasteiger partial charge in [-0.05, 0) is 23.1 Å². The zero-order valence-electron chi connectivity index (χ0n) is 18.8. The van der Waals surface area contributed by atoms with Gasteiger partial charge in [0.15, 0.2) is 11.6 Å². The Morgan fingerprint density at radius 1 is 1.11 bits per heavy atom. The highest BCUT2D eigenvalue weighted by Gasteiger charge is 2.66. The number of nitrogens with zero attached hydrogens (tertiary/aromatic N) is 1. The summed E-state index contributed by atoms with van der Waals surface area (Å²) >= 11 is 7.93. The molecule has 190 valence electrons. The van der Waals surface area contributed by atoms with Crippen LogP contribution >= 0.6 is 34.7 Å². The molecule has 3 atom stereocenters. The predicted octanol–water partition coefficient (Wildman–Crippen LogP) is 6.19. The van der Waals surface area contributed by atoms with Crippen LogP contribution < -0.4 is 5.32 Å². The van der Waals surface area contributed by atoms with Crippen LogP contribution in [-0.4, -0.2) is 34.3 Å². The van der Waals surface area contributed by atoms with Gasteiger partial charge in [0.1, 0.15) is 0 Å². The van der Waals surface area contributed by atoms with Crippen LogP contribution in [0.3, 0.4) is 0 Å². The molecular weight excluding hydrogens is 545 g/mol. The van der Waals surface area contributed by atoms with Crippen LogP contribution in [0.25, 0.3) is 0 Å². The van der Waals surface area contributed by atoms with Gasteiger partial charge in [0.25, 0.3) is 0 Å². The average Bonchev–Trinajstić information content (AvgIpc) is 3.42. The number of nitriles is 1. The number of allylic oxidation sites excluding steroid dienone is 1. The largest absolute Gasteiger partial charge is 0.437 e. The highest BCUT2D eigenvalue weighted by molar-refractivity contribution is 8.03. The maximum atomic E-state index is 14.6. The first-order valence-electron chi connectivity index (χ1n) is 10.8. The van der Waals surface area contributed by atoms with Crippen LogP contribution in [0.4, 0.5) is 13.2 Å². The van der Waals surface area contributed by atoms with Gasteiger partial charge in [0, 0.05) is 16.5 Å². The number of carbonyl (C=O) groups is 2. The molecular formula is C26H18ClF3N2O3S2. The third-order valence-corrected chi connectivity index (χ3v) is 8.17. The van der Waals surface area contributed by atoms with Crippen molar-refractivity contribution in [2.45, 2.75) is 17.8 Å². The predicted molar refractivity (Wildman–Crippen MR) is 136 cm³/mol. The number of alkyl halides is 3. The van der Waals surface area contributed by atoms with Gasteiger partial charge in [-0.25, -0.2) is 0 Å². The third kappa shape index (κ3) is 5.18. The van der Waals surface area contributed by atoms with E-state index in [-0.39, 0.29) is 37.6 Å². The standard InChI is InChI=1S/C26H18ClF3N2O3S2/c27-18-10-5-4-9-16(18)21-17(13-31)24(37-14-19(33)15-7-2-1-3-8-15)32-25(35,26(28,29)30)22(21)23(34)20-11-6-12-36-20/h1-12,21-22,32,35H,14H2/t21-,22+,25-/m1/s1. The molecule has 1 aliphatic rings. The number of carbonyl (C=O) groups excluding carboxylic acids is 2. The smallest absolute Gasteiger partial charge is 0.363 e. The molecule has 2 aromatic carbocycles. The number of benzene rings is 2. The Bertz CT molecular complexity index is 1390. The summed E-state index contributed by atoms with van der Waals surface area (Å²) in [6, 6.07) is 18.8. The van der Waals surface area contributed by atoms with Gasteiger partial charge in [-0.1, -0.05) is 78.0 Å². The minimum atomic E-state index is -5.33. The summed E-state index contributed by atoms with van der Waals surface area (Å²) in [5.41, 5.74) is -3.57. The van der Waals surface area contributed by atoms with Crippen LogP contribution in [0.2, 0.25) is 5.02 Å². The molecule has 1 aromatic heterocycles. The Morgan fingerprint density at radius 2 is 1.78 bits per heavy atom. The summed E-state index contributed by atoms with van der Waals surface area (Å²) in [5, 5.41) is 24.5. The third-order valence-electron chi connectivity index (χ3n) is 5.93. The van der Waals surface area contributed by atoms with Crippen molar-refractivity contribution < 1.29 is 27.9 Å². The maximum Gasteiger partial charge on any atom is 0.437 e. The van der Waals surface area contributed by atoms with E-state index in [1.54, 1.807) is 36.4 Å². The van der Waals surface area contributed by atoms with Crippen molar-refractivity contribution in [3.8, 4) is 6.07 Å². The van der Waals surface area contributed by atoms with Gasteiger partial charge in [-0.3, -0.25) is 9.59 Å². The molecule has 0 fully saturated rings. The molecule has 0 saturated carbocycles. The molecule has 37 heavy (non-hydrogen) atoms. The molecule has 0 amide bonds. The molecule has 5 nitrogen and oxygen atoms in total. The van der Waals surface area contributed by atoms with Crippen LogP contribution in [-0.2, 0) is 0 Å². The van der Waals surface area contributed by atoms with Crippen molar-refractivity contribution in [3.63, 3.8) is 0 Å². The first-order chi connectivity index (χ1) is 17.6. The van der Waals surface area contributed by atoms with Crippen molar-refractivity contribution in [3.05, 3.63) is 104 Å². The molecule has 3 aromatic rings. The van der Waals surface area contributed by atoms with Gasteiger partial charge in [0.05, 0.1) is 33.2 Å². The summed E-state index contributed by atoms with van der Waals surface area (Å²) in [6.07, 6.45) is -5.33. The highest BCUT2D eigenvalue weighted by atomic mass is 35.5. The van der Waals surface area contributed by atoms with Gasteiger partial charge in [0.2, 0.25) is 5.72 Å². The molecule has 0 unspecified atom stereocenters. The monoisotopic (exact) mass is 562 g/mol. The second-order valence-electron chi connectivity index (χ2n) is 8.14. The van der Waals surface area contributed by atoms with E-state index in [1.807, 2.05) is 11.4 Å². The van der Waals surface area contributed by atoms with Crippen molar-refractivity contribution in [1.29, 1.82) is 5.26 Å². The van der Waals surface area contributed by atoms with Crippen LogP contribution in [0.5, 0.6) is 0 Å². The number of nitrogens with one attached hydrogen (secondary N) is 1. The van der Waals surface area contributed by atoms with E-state index in [9.17, 15) is 33.1 Å². The van der Waals surface area contributed by atoms with Gasteiger partial charge in [-0.2, -0.15) is 18.4 Å². The first kappa shape index (κ1) is 26.9. The van der Waals surface area contributed by atoms with Crippen molar-refractivity contribution in [2.24, 2.45) is 5.92 Å². The fraction of sp³-hybridized carbons (Fsp3) is 0.192. The topological polar surface area (TPSA) is 90.2 Å². The second-order valence-corrected chi connectivity index (χ2v) is 10.5. The van der Waals surface area contributed by atoms with Crippen molar-refractivity contribution in [1.82, 2.24) is 5.32 Å². The lowest BCUT2D eigenvalue weighted by atomic mass is 9.70. The number of hydrogen-bond acceptors (Lipinski definition) is 7. The normalized spacial score (nSPS) is 21.7. The van der Waals surface area contributed by atoms with Crippen molar-refractivity contribution in [2.75, 3.05) is 5.75 Å². The lowest BCUT2D eigenvalue weighted by Gasteiger charge is -2.45. The number of ketones is 2. The zero-order valence-corrected chi connectivity index (χ0v) is 21.2. The molecule has 0 saturated heterocycles. The van der Waals surface area contributed by atoms with Crippen molar-refractivity contribution >= 4 is 46.3 Å². The van der Waals surface area contributed by atoms with Crippen LogP contribution in [0.15, 0.2) is 82.7 Å². The SMILES string of the molecule is N#CC1=C(SCC(=O)c2ccccc2)N[C@](O)(C(F)(F)F)[C@H](C(=O)c2cccs2)[C@@H]1c1ccccc1Cl. The first-order valence-corrected chi connectivity index (χ1v) is 13.1. The Morgan fingerprint density at radius 3 is 2.38 bits per heavy atom. The second kappa shape index (κ2) is 10.7. The van der Waals surface area contributed by atoms with Gasteiger partial charge in [-0.15, -0.1) is 11.3 Å². The Kier molecular flexibility index (Phi) is 7.80. The summed E-state index contributed by atoms with van der Waals surface area (Å²) in [5.74, 6) is -5.42. The quantitative estimate of drug-likeness (QED) is 0.334. The minimum Gasteiger partial charge on any atom is -0.363 e. The molecule has 0 spiro atoms. The van der Waals surface area contributed by atoms with Crippen LogP contribution in [0.1, 0.15) is 31.5 Å². The lowest BCUT2D eigenvalue weighted by Crippen LogP contribution is -2.66. The molecule has 0 aliphatic carbocycles. The molecule has 2 N–H and O–H groups in total. The van der Waals surface area contributed by atoms with E-state index < -0.39 is 29.5 Å². The Labute approximate surface area is 223 Å². The van der Waals surface area contributed by atoms with E-state index in [0.717, 1.165) is 11.3 Å². The fourth-order valence-corrected chi connectivity index (χ4v) is 6.12. The number of thiophene rings is 1. The summed E-state index contributed by atoms with van der Waals surface area (Å²) in [7, 11) is 0. The summed E-state index contributed by atoms with van der Waals surface area (Å²) in [6.45, 7) is 0.